The van der Waals surface area contributed by atoms with E-state index in [1.165, 1.54) is 12.1 Å². The number of para-hydroxylation sites is 1. The topological polar surface area (TPSA) is 35.0 Å². The Morgan fingerprint density at radius 2 is 1.50 bits per heavy atom. The maximum Gasteiger partial charge on any atom is 0.316 e. The van der Waals surface area contributed by atoms with Crippen LogP contribution in [0.15, 0.2) is 79.0 Å². The molecule has 0 aliphatic carbocycles. The van der Waals surface area contributed by atoms with E-state index < -0.39 is 0 Å². The van der Waals surface area contributed by atoms with Gasteiger partial charge in [0, 0.05) is 18.0 Å². The molecule has 3 aromatic carbocycles. The lowest BCUT2D eigenvalue weighted by atomic mass is 10.0. The predicted octanol–water partition coefficient (Wildman–Crippen LogP) is 5.06. The molecule has 0 saturated heterocycles. The Morgan fingerprint density at radius 1 is 0.808 bits per heavy atom. The van der Waals surface area contributed by atoms with Crippen molar-refractivity contribution >= 4 is 10.9 Å². The lowest BCUT2D eigenvalue weighted by Crippen LogP contribution is -2.04. The smallest absolute Gasteiger partial charge is 0.316 e. The SMILES string of the molecule is Fc1ccc(-c2ccc(CCOc3ncc4ccccc4n3)cc2)cc1. The van der Waals surface area contributed by atoms with E-state index in [1.54, 1.807) is 18.3 Å². The Labute approximate surface area is 151 Å². The van der Waals surface area contributed by atoms with Crippen LogP contribution in [0.25, 0.3) is 22.0 Å². The van der Waals surface area contributed by atoms with Gasteiger partial charge in [-0.1, -0.05) is 54.6 Å². The summed E-state index contributed by atoms with van der Waals surface area (Å²) < 4.78 is 18.7. The molecule has 128 valence electrons. The number of rotatable bonds is 5. The average Bonchev–Trinajstić information content (AvgIpc) is 2.69. The van der Waals surface area contributed by atoms with Gasteiger partial charge < -0.3 is 4.74 Å². The Bertz CT molecular complexity index is 1010. The summed E-state index contributed by atoms with van der Waals surface area (Å²) >= 11 is 0. The van der Waals surface area contributed by atoms with Crippen LogP contribution in [-0.4, -0.2) is 16.6 Å². The van der Waals surface area contributed by atoms with E-state index in [1.807, 2.05) is 36.4 Å². The lowest BCUT2D eigenvalue weighted by Gasteiger charge is -2.07. The van der Waals surface area contributed by atoms with Crippen LogP contribution >= 0.6 is 0 Å². The van der Waals surface area contributed by atoms with Crippen molar-refractivity contribution in [2.45, 2.75) is 6.42 Å². The summed E-state index contributed by atoms with van der Waals surface area (Å²) in [6, 6.07) is 22.9. The van der Waals surface area contributed by atoms with E-state index in [0.29, 0.717) is 12.6 Å². The van der Waals surface area contributed by atoms with Gasteiger partial charge in [-0.15, -0.1) is 0 Å². The van der Waals surface area contributed by atoms with Crippen molar-refractivity contribution in [1.82, 2.24) is 9.97 Å². The third kappa shape index (κ3) is 3.70. The van der Waals surface area contributed by atoms with Gasteiger partial charge in [0.2, 0.25) is 0 Å². The van der Waals surface area contributed by atoms with Crippen LogP contribution in [0.3, 0.4) is 0 Å². The minimum absolute atomic E-state index is 0.224. The number of fused-ring (bicyclic) bond motifs is 1. The van der Waals surface area contributed by atoms with Crippen LogP contribution in [0.5, 0.6) is 6.01 Å². The van der Waals surface area contributed by atoms with Crippen molar-refractivity contribution in [2.75, 3.05) is 6.61 Å². The molecule has 1 aromatic heterocycles. The number of benzene rings is 3. The molecule has 1 heterocycles. The fourth-order valence-electron chi connectivity index (χ4n) is 2.79. The van der Waals surface area contributed by atoms with Gasteiger partial charge in [-0.3, -0.25) is 0 Å². The van der Waals surface area contributed by atoms with Gasteiger partial charge in [0.25, 0.3) is 0 Å². The van der Waals surface area contributed by atoms with Crippen molar-refractivity contribution in [1.29, 1.82) is 0 Å². The normalized spacial score (nSPS) is 10.8. The largest absolute Gasteiger partial charge is 0.463 e. The molecule has 0 amide bonds. The fourth-order valence-corrected chi connectivity index (χ4v) is 2.79. The van der Waals surface area contributed by atoms with Crippen LogP contribution in [0, 0.1) is 5.82 Å². The average molecular weight is 344 g/mol. The van der Waals surface area contributed by atoms with Crippen molar-refractivity contribution in [3.8, 4) is 17.1 Å². The molecular weight excluding hydrogens is 327 g/mol. The molecule has 0 unspecified atom stereocenters. The molecule has 0 atom stereocenters. The summed E-state index contributed by atoms with van der Waals surface area (Å²) in [5.74, 6) is -0.224. The zero-order valence-electron chi connectivity index (χ0n) is 14.1. The van der Waals surface area contributed by atoms with Gasteiger partial charge in [-0.2, -0.15) is 4.98 Å². The first-order valence-electron chi connectivity index (χ1n) is 8.47. The minimum Gasteiger partial charge on any atom is -0.463 e. The van der Waals surface area contributed by atoms with Gasteiger partial charge in [0.1, 0.15) is 5.82 Å². The van der Waals surface area contributed by atoms with Crippen molar-refractivity contribution in [3.05, 3.63) is 90.4 Å². The van der Waals surface area contributed by atoms with Gasteiger partial charge in [0.05, 0.1) is 12.1 Å². The molecular formula is C22H17FN2O. The van der Waals surface area contributed by atoms with Crippen LogP contribution in [0.2, 0.25) is 0 Å². The Morgan fingerprint density at radius 3 is 2.27 bits per heavy atom. The van der Waals surface area contributed by atoms with Crippen molar-refractivity contribution < 1.29 is 9.13 Å². The first-order chi connectivity index (χ1) is 12.8. The second kappa shape index (κ2) is 7.31. The first-order valence-corrected chi connectivity index (χ1v) is 8.47. The second-order valence-corrected chi connectivity index (χ2v) is 6.01. The van der Waals surface area contributed by atoms with E-state index >= 15 is 0 Å². The van der Waals surface area contributed by atoms with Crippen LogP contribution in [0.4, 0.5) is 4.39 Å². The summed E-state index contributed by atoms with van der Waals surface area (Å²) in [6.45, 7) is 0.508. The van der Waals surface area contributed by atoms with Crippen LogP contribution in [-0.2, 0) is 6.42 Å². The number of hydrogen-bond acceptors (Lipinski definition) is 3. The number of hydrogen-bond donors (Lipinski definition) is 0. The zero-order chi connectivity index (χ0) is 17.8. The van der Waals surface area contributed by atoms with Crippen LogP contribution in [0.1, 0.15) is 5.56 Å². The number of halogens is 1. The molecule has 0 radical (unpaired) electrons. The molecule has 0 saturated carbocycles. The van der Waals surface area contributed by atoms with Crippen molar-refractivity contribution in [2.24, 2.45) is 0 Å². The van der Waals surface area contributed by atoms with E-state index in [4.69, 9.17) is 4.74 Å². The highest BCUT2D eigenvalue weighted by molar-refractivity contribution is 5.77. The fraction of sp³-hybridized carbons (Fsp3) is 0.0909. The maximum atomic E-state index is 13.0. The summed E-state index contributed by atoms with van der Waals surface area (Å²) in [5.41, 5.74) is 4.10. The van der Waals surface area contributed by atoms with Gasteiger partial charge in [-0.25, -0.2) is 9.37 Å². The van der Waals surface area contributed by atoms with Crippen molar-refractivity contribution in [3.63, 3.8) is 0 Å². The van der Waals surface area contributed by atoms with E-state index in [2.05, 4.69) is 22.1 Å². The summed E-state index contributed by atoms with van der Waals surface area (Å²) in [6.07, 6.45) is 2.54. The summed E-state index contributed by atoms with van der Waals surface area (Å²) in [7, 11) is 0. The van der Waals surface area contributed by atoms with Gasteiger partial charge in [-0.05, 0) is 34.9 Å². The Balaban J connectivity index is 1.37. The quantitative estimate of drug-likeness (QED) is 0.508. The second-order valence-electron chi connectivity index (χ2n) is 6.01. The van der Waals surface area contributed by atoms with E-state index in [-0.39, 0.29) is 5.82 Å². The molecule has 0 aliphatic rings. The third-order valence-corrected chi connectivity index (χ3v) is 4.22. The molecule has 4 heteroatoms. The Kier molecular flexibility index (Phi) is 4.56. The molecule has 0 spiro atoms. The highest BCUT2D eigenvalue weighted by Crippen LogP contribution is 2.20. The molecule has 0 aliphatic heterocycles. The molecule has 26 heavy (non-hydrogen) atoms. The van der Waals surface area contributed by atoms with Crippen LogP contribution < -0.4 is 4.74 Å². The molecule has 0 N–H and O–H groups in total. The van der Waals surface area contributed by atoms with E-state index in [0.717, 1.165) is 34.0 Å². The molecule has 0 fully saturated rings. The highest BCUT2D eigenvalue weighted by atomic mass is 19.1. The molecule has 4 rings (SSSR count). The molecule has 0 bridgehead atoms. The number of ether oxygens (including phenoxy) is 1. The monoisotopic (exact) mass is 344 g/mol. The Hall–Kier alpha value is -3.27. The van der Waals surface area contributed by atoms with Gasteiger partial charge >= 0.3 is 6.01 Å². The minimum atomic E-state index is -0.224. The lowest BCUT2D eigenvalue weighted by molar-refractivity contribution is 0.297. The summed E-state index contributed by atoms with van der Waals surface area (Å²) in [5, 5.41) is 0.997. The maximum absolute atomic E-state index is 13.0. The molecule has 3 nitrogen and oxygen atoms in total. The predicted molar refractivity (Wildman–Crippen MR) is 101 cm³/mol. The highest BCUT2D eigenvalue weighted by Gasteiger charge is 2.02. The number of aromatic nitrogens is 2. The zero-order valence-corrected chi connectivity index (χ0v) is 14.1. The standard InChI is InChI=1S/C22H17FN2O/c23-20-11-9-18(10-12-20)17-7-5-16(6-8-17)13-14-26-22-24-15-19-3-1-2-4-21(19)25-22/h1-12,15H,13-14H2. The number of nitrogens with zero attached hydrogens (tertiary/aromatic N) is 2. The first kappa shape index (κ1) is 16.2. The molecule has 4 aromatic rings. The summed E-state index contributed by atoms with van der Waals surface area (Å²) in [4.78, 5) is 8.64. The third-order valence-electron chi connectivity index (χ3n) is 4.22. The van der Waals surface area contributed by atoms with E-state index in [9.17, 15) is 4.39 Å². The van der Waals surface area contributed by atoms with Gasteiger partial charge in [0.15, 0.2) is 0 Å².